The molecule has 0 aliphatic carbocycles. The molecule has 0 aliphatic rings. The normalized spacial score (nSPS) is 12.4. The van der Waals surface area contributed by atoms with Crippen LogP contribution in [0.3, 0.4) is 0 Å². The molecule has 1 heterocycles. The summed E-state index contributed by atoms with van der Waals surface area (Å²) in [5.74, 6) is 1.79. The van der Waals surface area contributed by atoms with Gasteiger partial charge in [-0.25, -0.2) is 0 Å². The van der Waals surface area contributed by atoms with Gasteiger partial charge in [-0.1, -0.05) is 0 Å². The van der Waals surface area contributed by atoms with Gasteiger partial charge in [-0.2, -0.15) is 15.0 Å². The number of aromatic nitrogens is 3. The van der Waals surface area contributed by atoms with Gasteiger partial charge in [-0.15, -0.1) is 0 Å². The molecule has 1 aromatic rings. The lowest BCUT2D eigenvalue weighted by Crippen LogP contribution is -2.30. The van der Waals surface area contributed by atoms with Gasteiger partial charge in [-0.3, -0.25) is 0 Å². The Morgan fingerprint density at radius 2 is 1.67 bits per heavy atom. The van der Waals surface area contributed by atoms with E-state index in [1.54, 1.807) is 7.05 Å². The third-order valence-electron chi connectivity index (χ3n) is 2.26. The lowest BCUT2D eigenvalue weighted by atomic mass is 10.3. The first-order chi connectivity index (χ1) is 8.42. The molecule has 2 N–H and O–H groups in total. The first-order valence-electron chi connectivity index (χ1n) is 5.94. The van der Waals surface area contributed by atoms with E-state index in [4.69, 9.17) is 0 Å². The molecular formula is C11H23N7. The van der Waals surface area contributed by atoms with Gasteiger partial charge in [0.1, 0.15) is 0 Å². The molecule has 102 valence electrons. The average Bonchev–Trinajstić information content (AvgIpc) is 2.27. The Kier molecular flexibility index (Phi) is 5.08. The van der Waals surface area contributed by atoms with E-state index in [1.807, 2.05) is 33.1 Å². The summed E-state index contributed by atoms with van der Waals surface area (Å²) in [6, 6.07) is 0.266. The minimum absolute atomic E-state index is 0.266. The highest BCUT2D eigenvalue weighted by molar-refractivity contribution is 5.42. The molecule has 0 saturated heterocycles. The minimum Gasteiger partial charge on any atom is -0.357 e. The van der Waals surface area contributed by atoms with E-state index in [9.17, 15) is 0 Å². The van der Waals surface area contributed by atoms with Gasteiger partial charge in [0.25, 0.3) is 0 Å². The number of anilines is 3. The number of nitrogens with one attached hydrogen (secondary N) is 2. The van der Waals surface area contributed by atoms with Gasteiger partial charge in [0.2, 0.25) is 17.8 Å². The van der Waals surface area contributed by atoms with E-state index in [1.165, 1.54) is 0 Å². The maximum Gasteiger partial charge on any atom is 0.231 e. The van der Waals surface area contributed by atoms with Gasteiger partial charge in [0, 0.05) is 33.7 Å². The Hall–Kier alpha value is -1.63. The molecular weight excluding hydrogens is 230 g/mol. The van der Waals surface area contributed by atoms with Crippen LogP contribution < -0.4 is 15.5 Å². The average molecular weight is 253 g/mol. The van der Waals surface area contributed by atoms with Gasteiger partial charge in [0.05, 0.1) is 0 Å². The second-order valence-electron chi connectivity index (χ2n) is 4.73. The van der Waals surface area contributed by atoms with Crippen molar-refractivity contribution in [1.29, 1.82) is 0 Å². The molecule has 1 aromatic heterocycles. The molecule has 7 nitrogen and oxygen atoms in total. The SMILES string of the molecule is CNc1nc(NC(C)CN(C)C)nc(N(C)C)n1. The summed E-state index contributed by atoms with van der Waals surface area (Å²) < 4.78 is 0. The Bertz CT molecular complexity index is 378. The van der Waals surface area contributed by atoms with Crippen molar-refractivity contribution < 1.29 is 0 Å². The largest absolute Gasteiger partial charge is 0.357 e. The number of hydrogen-bond donors (Lipinski definition) is 2. The molecule has 0 saturated carbocycles. The van der Waals surface area contributed by atoms with E-state index < -0.39 is 0 Å². The Labute approximate surface area is 109 Å². The van der Waals surface area contributed by atoms with Crippen LogP contribution in [-0.4, -0.2) is 67.7 Å². The molecule has 0 spiro atoms. The summed E-state index contributed by atoms with van der Waals surface area (Å²) in [5.41, 5.74) is 0. The highest BCUT2D eigenvalue weighted by Crippen LogP contribution is 2.11. The second kappa shape index (κ2) is 6.34. The van der Waals surface area contributed by atoms with E-state index in [-0.39, 0.29) is 6.04 Å². The van der Waals surface area contributed by atoms with Gasteiger partial charge >= 0.3 is 0 Å². The third kappa shape index (κ3) is 4.33. The summed E-state index contributed by atoms with van der Waals surface area (Å²) in [6.45, 7) is 3.01. The first-order valence-corrected chi connectivity index (χ1v) is 5.94. The number of likely N-dealkylation sites (N-methyl/N-ethyl adjacent to an activating group) is 1. The smallest absolute Gasteiger partial charge is 0.231 e. The van der Waals surface area contributed by atoms with Gasteiger partial charge < -0.3 is 20.4 Å². The van der Waals surface area contributed by atoms with Crippen LogP contribution in [0.4, 0.5) is 17.8 Å². The van der Waals surface area contributed by atoms with Crippen LogP contribution in [0.5, 0.6) is 0 Å². The summed E-state index contributed by atoms with van der Waals surface area (Å²) in [5, 5.41) is 6.21. The van der Waals surface area contributed by atoms with E-state index in [0.717, 1.165) is 6.54 Å². The zero-order chi connectivity index (χ0) is 13.7. The predicted octanol–water partition coefficient (Wildman–Crippen LogP) is 0.341. The van der Waals surface area contributed by atoms with E-state index in [2.05, 4.69) is 37.4 Å². The standard InChI is InChI=1S/C11H23N7/c1-8(7-17(3)4)13-10-14-9(12-2)15-11(16-10)18(5)6/h8H,7H2,1-6H3,(H2,12,13,14,15,16). The fourth-order valence-electron chi connectivity index (χ4n) is 1.55. The van der Waals surface area contributed by atoms with Crippen LogP contribution >= 0.6 is 0 Å². The molecule has 18 heavy (non-hydrogen) atoms. The second-order valence-corrected chi connectivity index (χ2v) is 4.73. The first kappa shape index (κ1) is 14.4. The Morgan fingerprint density at radius 3 is 2.17 bits per heavy atom. The Morgan fingerprint density at radius 1 is 1.06 bits per heavy atom. The zero-order valence-electron chi connectivity index (χ0n) is 12.0. The highest BCUT2D eigenvalue weighted by atomic mass is 15.3. The maximum atomic E-state index is 4.36. The fourth-order valence-corrected chi connectivity index (χ4v) is 1.55. The molecule has 0 radical (unpaired) electrons. The van der Waals surface area contributed by atoms with Crippen molar-refractivity contribution in [3.05, 3.63) is 0 Å². The minimum atomic E-state index is 0.266. The summed E-state index contributed by atoms with van der Waals surface area (Å²) in [6.07, 6.45) is 0. The van der Waals surface area contributed by atoms with Gasteiger partial charge in [-0.05, 0) is 21.0 Å². The fraction of sp³-hybridized carbons (Fsp3) is 0.727. The van der Waals surface area contributed by atoms with Crippen molar-refractivity contribution in [2.24, 2.45) is 0 Å². The maximum absolute atomic E-state index is 4.36. The molecule has 1 unspecified atom stereocenters. The predicted molar refractivity (Wildman–Crippen MR) is 75.3 cm³/mol. The van der Waals surface area contributed by atoms with Crippen molar-refractivity contribution >= 4 is 17.8 Å². The van der Waals surface area contributed by atoms with Crippen LogP contribution in [-0.2, 0) is 0 Å². The molecule has 0 bridgehead atoms. The molecule has 1 atom stereocenters. The number of nitrogens with zero attached hydrogens (tertiary/aromatic N) is 5. The van der Waals surface area contributed by atoms with E-state index in [0.29, 0.717) is 17.8 Å². The highest BCUT2D eigenvalue weighted by Gasteiger charge is 2.10. The third-order valence-corrected chi connectivity index (χ3v) is 2.26. The van der Waals surface area contributed by atoms with Crippen LogP contribution in [0.2, 0.25) is 0 Å². The number of rotatable bonds is 6. The molecule has 0 amide bonds. The molecule has 7 heteroatoms. The van der Waals surface area contributed by atoms with Crippen LogP contribution in [0, 0.1) is 0 Å². The van der Waals surface area contributed by atoms with Crippen LogP contribution in [0.1, 0.15) is 6.92 Å². The quantitative estimate of drug-likeness (QED) is 0.757. The van der Waals surface area contributed by atoms with Crippen molar-refractivity contribution in [2.45, 2.75) is 13.0 Å². The van der Waals surface area contributed by atoms with E-state index >= 15 is 0 Å². The van der Waals surface area contributed by atoms with Crippen molar-refractivity contribution in [3.63, 3.8) is 0 Å². The number of hydrogen-bond acceptors (Lipinski definition) is 7. The molecule has 0 aromatic carbocycles. The Balaban J connectivity index is 2.84. The zero-order valence-corrected chi connectivity index (χ0v) is 12.0. The lowest BCUT2D eigenvalue weighted by molar-refractivity contribution is 0.391. The molecule has 0 aliphatic heterocycles. The van der Waals surface area contributed by atoms with Crippen molar-refractivity contribution in [3.8, 4) is 0 Å². The molecule has 1 rings (SSSR count). The van der Waals surface area contributed by atoms with Crippen molar-refractivity contribution in [2.75, 3.05) is 57.3 Å². The topological polar surface area (TPSA) is 69.2 Å². The van der Waals surface area contributed by atoms with Crippen LogP contribution in [0.15, 0.2) is 0 Å². The summed E-state index contributed by atoms with van der Waals surface area (Å²) in [7, 11) is 9.68. The van der Waals surface area contributed by atoms with Crippen molar-refractivity contribution in [1.82, 2.24) is 19.9 Å². The summed E-state index contributed by atoms with van der Waals surface area (Å²) in [4.78, 5) is 16.9. The molecule has 0 fully saturated rings. The summed E-state index contributed by atoms with van der Waals surface area (Å²) >= 11 is 0. The monoisotopic (exact) mass is 253 g/mol. The van der Waals surface area contributed by atoms with Crippen LogP contribution in [0.25, 0.3) is 0 Å². The lowest BCUT2D eigenvalue weighted by Gasteiger charge is -2.19. The van der Waals surface area contributed by atoms with Gasteiger partial charge in [0.15, 0.2) is 0 Å².